The second kappa shape index (κ2) is 6.58. The molecule has 1 atom stereocenters. The van der Waals surface area contributed by atoms with Gasteiger partial charge in [-0.15, -0.1) is 4.72 Å². The van der Waals surface area contributed by atoms with Crippen molar-refractivity contribution in [3.8, 4) is 0 Å². The van der Waals surface area contributed by atoms with Crippen LogP contribution < -0.4 is 10.3 Å². The Morgan fingerprint density at radius 3 is 2.68 bits per heavy atom. The summed E-state index contributed by atoms with van der Waals surface area (Å²) in [5.74, 6) is -0.570. The van der Waals surface area contributed by atoms with Crippen LogP contribution in [0.15, 0.2) is 23.0 Å². The Morgan fingerprint density at radius 1 is 1.36 bits per heavy atom. The second-order valence-electron chi connectivity index (χ2n) is 6.00. The molecule has 1 aromatic heterocycles. The number of hydrogen-bond acceptors (Lipinski definition) is 3. The molecule has 120 valence electrons. The smallest absolute Gasteiger partial charge is 0.251 e. The van der Waals surface area contributed by atoms with Gasteiger partial charge in [0.05, 0.1) is 10.5 Å². The van der Waals surface area contributed by atoms with Gasteiger partial charge in [0.2, 0.25) is 0 Å². The van der Waals surface area contributed by atoms with Gasteiger partial charge in [-0.25, -0.2) is 4.39 Å². The van der Waals surface area contributed by atoms with Gasteiger partial charge in [0.1, 0.15) is 10.6 Å². The number of halogens is 2. The Hall–Kier alpha value is -1.08. The molecule has 4 nitrogen and oxygen atoms in total. The van der Waals surface area contributed by atoms with E-state index in [0.29, 0.717) is 29.4 Å². The van der Waals surface area contributed by atoms with Gasteiger partial charge in [0.15, 0.2) is 0 Å². The van der Waals surface area contributed by atoms with Gasteiger partial charge < -0.3 is 9.54 Å². The number of aromatic amines is 1. The Morgan fingerprint density at radius 2 is 2.05 bits per heavy atom. The van der Waals surface area contributed by atoms with Crippen LogP contribution in [0, 0.1) is 5.82 Å². The highest BCUT2D eigenvalue weighted by molar-refractivity contribution is 7.90. The molecule has 0 aliphatic heterocycles. The van der Waals surface area contributed by atoms with E-state index in [1.165, 1.54) is 12.1 Å². The van der Waals surface area contributed by atoms with Crippen molar-refractivity contribution in [3.05, 3.63) is 45.0 Å². The lowest BCUT2D eigenvalue weighted by Gasteiger charge is -2.23. The number of aromatic nitrogens is 1. The van der Waals surface area contributed by atoms with Crippen molar-refractivity contribution in [2.75, 3.05) is 6.54 Å². The number of pyridine rings is 1. The van der Waals surface area contributed by atoms with E-state index in [0.717, 1.165) is 0 Å². The van der Waals surface area contributed by atoms with Crippen molar-refractivity contribution in [3.63, 3.8) is 0 Å². The van der Waals surface area contributed by atoms with E-state index in [2.05, 4.69) is 9.71 Å². The van der Waals surface area contributed by atoms with Crippen molar-refractivity contribution in [2.24, 2.45) is 0 Å². The largest absolute Gasteiger partial charge is 0.598 e. The third-order valence-corrected chi connectivity index (χ3v) is 5.01. The van der Waals surface area contributed by atoms with E-state index in [1.54, 1.807) is 6.07 Å². The van der Waals surface area contributed by atoms with Crippen LogP contribution in [0.2, 0.25) is 5.02 Å². The molecule has 0 fully saturated rings. The highest BCUT2D eigenvalue weighted by atomic mass is 35.5. The van der Waals surface area contributed by atoms with Gasteiger partial charge in [-0.3, -0.25) is 4.79 Å². The summed E-state index contributed by atoms with van der Waals surface area (Å²) in [6.07, 6.45) is 0.419. The van der Waals surface area contributed by atoms with Crippen LogP contribution in [0.4, 0.5) is 4.39 Å². The average molecular weight is 345 g/mol. The molecule has 0 aliphatic carbocycles. The number of H-pyrrole nitrogens is 1. The van der Waals surface area contributed by atoms with Crippen LogP contribution >= 0.6 is 11.6 Å². The Balaban J connectivity index is 2.17. The fourth-order valence-electron chi connectivity index (χ4n) is 1.93. The third-order valence-electron chi connectivity index (χ3n) is 3.15. The van der Waals surface area contributed by atoms with E-state index < -0.39 is 17.2 Å². The van der Waals surface area contributed by atoms with E-state index >= 15 is 0 Å². The first-order chi connectivity index (χ1) is 10.2. The molecule has 0 aliphatic rings. The lowest BCUT2D eigenvalue weighted by Crippen LogP contribution is -2.40. The van der Waals surface area contributed by atoms with E-state index in [1.807, 2.05) is 20.8 Å². The van der Waals surface area contributed by atoms with E-state index in [9.17, 15) is 13.7 Å². The number of benzene rings is 1. The number of nitrogens with one attached hydrogen (secondary N) is 2. The zero-order chi connectivity index (χ0) is 16.5. The molecule has 0 radical (unpaired) electrons. The standard InChI is InChI=1S/C15H18ClFN2O2S/c1-15(2,3)22(21)18-5-4-9-6-10-7-11(16)12(17)8-13(10)19-14(9)20/h6-8,18H,4-5H2,1-3H3,(H,19,20)/t22-/m0/s1. The quantitative estimate of drug-likeness (QED) is 0.838. The molecule has 2 N–H and O–H groups in total. The predicted molar refractivity (Wildman–Crippen MR) is 89.1 cm³/mol. The molecule has 0 saturated heterocycles. The summed E-state index contributed by atoms with van der Waals surface area (Å²) in [4.78, 5) is 14.6. The molecule has 2 aromatic rings. The minimum Gasteiger partial charge on any atom is -0.598 e. The summed E-state index contributed by atoms with van der Waals surface area (Å²) in [6.45, 7) is 6.02. The van der Waals surface area contributed by atoms with Gasteiger partial charge in [0.25, 0.3) is 5.56 Å². The lowest BCUT2D eigenvalue weighted by molar-refractivity contribution is 0.544. The van der Waals surface area contributed by atoms with Crippen LogP contribution in [0.1, 0.15) is 26.3 Å². The average Bonchev–Trinajstić information content (AvgIpc) is 2.40. The second-order valence-corrected chi connectivity index (χ2v) is 8.46. The topological polar surface area (TPSA) is 67.9 Å². The molecule has 0 saturated carbocycles. The Kier molecular flexibility index (Phi) is 5.17. The maximum absolute atomic E-state index is 13.4. The fourth-order valence-corrected chi connectivity index (χ4v) is 2.82. The number of hydrogen-bond donors (Lipinski definition) is 2. The summed E-state index contributed by atoms with van der Waals surface area (Å²) in [5.41, 5.74) is 0.660. The molecular formula is C15H18ClFN2O2S. The SMILES string of the molecule is CC(C)(C)[S@+]([O-])NCCc1cc2cc(Cl)c(F)cc2[nH]c1=O. The van der Waals surface area contributed by atoms with Crippen molar-refractivity contribution in [1.29, 1.82) is 0 Å². The first-order valence-electron chi connectivity index (χ1n) is 6.85. The molecule has 0 spiro atoms. The van der Waals surface area contributed by atoms with Crippen molar-refractivity contribution in [1.82, 2.24) is 9.71 Å². The zero-order valence-electron chi connectivity index (χ0n) is 12.6. The minimum absolute atomic E-state index is 0.0115. The minimum atomic E-state index is -1.18. The molecule has 0 bridgehead atoms. The zero-order valence-corrected chi connectivity index (χ0v) is 14.2. The Labute approximate surface area is 136 Å². The van der Waals surface area contributed by atoms with Gasteiger partial charge in [0, 0.05) is 28.9 Å². The maximum atomic E-state index is 13.4. The normalized spacial score (nSPS) is 13.5. The van der Waals surface area contributed by atoms with Crippen LogP contribution in [0.5, 0.6) is 0 Å². The molecule has 0 amide bonds. The summed E-state index contributed by atoms with van der Waals surface area (Å²) in [5, 5.41) is 0.676. The van der Waals surface area contributed by atoms with E-state index in [4.69, 9.17) is 11.6 Å². The van der Waals surface area contributed by atoms with Crippen LogP contribution in [-0.2, 0) is 17.8 Å². The molecule has 22 heavy (non-hydrogen) atoms. The lowest BCUT2D eigenvalue weighted by atomic mass is 10.1. The molecule has 1 heterocycles. The predicted octanol–water partition coefficient (Wildman–Crippen LogP) is 2.91. The first-order valence-corrected chi connectivity index (χ1v) is 8.37. The summed E-state index contributed by atoms with van der Waals surface area (Å²) in [6, 6.07) is 4.36. The number of rotatable bonds is 4. The van der Waals surface area contributed by atoms with Gasteiger partial charge in [-0.1, -0.05) is 11.6 Å². The number of fused-ring (bicyclic) bond motifs is 1. The van der Waals surface area contributed by atoms with Crippen LogP contribution in [0.3, 0.4) is 0 Å². The van der Waals surface area contributed by atoms with Gasteiger partial charge in [-0.05, 0) is 45.4 Å². The monoisotopic (exact) mass is 344 g/mol. The summed E-state index contributed by atoms with van der Waals surface area (Å²) >= 11 is 4.57. The van der Waals surface area contributed by atoms with Crippen LogP contribution in [-0.4, -0.2) is 20.8 Å². The third kappa shape index (κ3) is 4.01. The van der Waals surface area contributed by atoms with Crippen molar-refractivity contribution >= 4 is 33.9 Å². The maximum Gasteiger partial charge on any atom is 0.251 e. The van der Waals surface area contributed by atoms with Crippen LogP contribution in [0.25, 0.3) is 10.9 Å². The summed E-state index contributed by atoms with van der Waals surface area (Å²) in [7, 11) is 0. The highest BCUT2D eigenvalue weighted by Gasteiger charge is 2.25. The molecule has 7 heteroatoms. The summed E-state index contributed by atoms with van der Waals surface area (Å²) < 4.78 is 27.8. The van der Waals surface area contributed by atoms with Crippen molar-refractivity contribution < 1.29 is 8.94 Å². The van der Waals surface area contributed by atoms with E-state index in [-0.39, 0.29) is 15.3 Å². The van der Waals surface area contributed by atoms with Crippen molar-refractivity contribution in [2.45, 2.75) is 31.9 Å². The Bertz CT molecular complexity index is 743. The van der Waals surface area contributed by atoms with Gasteiger partial charge in [-0.2, -0.15) is 0 Å². The molecule has 1 aromatic carbocycles. The highest BCUT2D eigenvalue weighted by Crippen LogP contribution is 2.21. The fraction of sp³-hybridized carbons (Fsp3) is 0.400. The molecule has 0 unspecified atom stereocenters. The molecular weight excluding hydrogens is 327 g/mol. The molecule has 2 rings (SSSR count). The van der Waals surface area contributed by atoms with Gasteiger partial charge >= 0.3 is 0 Å². The first kappa shape index (κ1) is 17.3.